The number of nitrogens with one attached hydrogen (secondary N) is 1. The minimum atomic E-state index is -3.11. The number of anilines is 1. The molecule has 6 nitrogen and oxygen atoms in total. The summed E-state index contributed by atoms with van der Waals surface area (Å²) < 4.78 is 24.4. The molecule has 2 heterocycles. The largest absolute Gasteiger partial charge is 0.373 e. The van der Waals surface area contributed by atoms with Crippen LogP contribution in [-0.2, 0) is 10.0 Å². The molecule has 1 aliphatic rings. The number of hydrogen-bond acceptors (Lipinski definition) is 5. The SMILES string of the molecule is CNc1cc(C)nc(C2CCN(S(C)(=O)=O)C2)n1. The molecule has 1 aliphatic heterocycles. The Labute approximate surface area is 107 Å². The molecule has 1 N–H and O–H groups in total. The maximum atomic E-state index is 11.5. The smallest absolute Gasteiger partial charge is 0.211 e. The molecular weight excluding hydrogens is 252 g/mol. The summed E-state index contributed by atoms with van der Waals surface area (Å²) in [4.78, 5) is 8.81. The fraction of sp³-hybridized carbons (Fsp3) is 0.636. The minimum absolute atomic E-state index is 0.0896. The Balaban J connectivity index is 2.21. The molecule has 7 heteroatoms. The maximum absolute atomic E-state index is 11.5. The highest BCUT2D eigenvalue weighted by atomic mass is 32.2. The van der Waals surface area contributed by atoms with Gasteiger partial charge in [-0.05, 0) is 13.3 Å². The summed E-state index contributed by atoms with van der Waals surface area (Å²) in [5, 5.41) is 2.99. The number of aromatic nitrogens is 2. The van der Waals surface area contributed by atoms with Gasteiger partial charge in [-0.15, -0.1) is 0 Å². The molecule has 1 aromatic rings. The van der Waals surface area contributed by atoms with Crippen LogP contribution in [0.4, 0.5) is 5.82 Å². The van der Waals surface area contributed by atoms with Crippen LogP contribution in [0.3, 0.4) is 0 Å². The van der Waals surface area contributed by atoms with E-state index in [2.05, 4.69) is 15.3 Å². The lowest BCUT2D eigenvalue weighted by Gasteiger charge is -2.13. The van der Waals surface area contributed by atoms with Crippen LogP contribution in [-0.4, -0.2) is 49.1 Å². The molecule has 1 atom stereocenters. The van der Waals surface area contributed by atoms with Gasteiger partial charge in [0.25, 0.3) is 0 Å². The summed E-state index contributed by atoms with van der Waals surface area (Å²) >= 11 is 0. The lowest BCUT2D eigenvalue weighted by molar-refractivity contribution is 0.476. The van der Waals surface area contributed by atoms with E-state index in [9.17, 15) is 8.42 Å². The van der Waals surface area contributed by atoms with Gasteiger partial charge in [0.1, 0.15) is 11.6 Å². The van der Waals surface area contributed by atoms with Gasteiger partial charge in [-0.3, -0.25) is 0 Å². The van der Waals surface area contributed by atoms with Crippen LogP contribution < -0.4 is 5.32 Å². The molecule has 2 rings (SSSR count). The van der Waals surface area contributed by atoms with Crippen LogP contribution in [0.1, 0.15) is 23.9 Å². The maximum Gasteiger partial charge on any atom is 0.211 e. The van der Waals surface area contributed by atoms with Crippen molar-refractivity contribution < 1.29 is 8.42 Å². The van der Waals surface area contributed by atoms with Gasteiger partial charge < -0.3 is 5.32 Å². The number of sulfonamides is 1. The van der Waals surface area contributed by atoms with Crippen molar-refractivity contribution in [3.05, 3.63) is 17.6 Å². The Morgan fingerprint density at radius 2 is 2.17 bits per heavy atom. The van der Waals surface area contributed by atoms with Crippen molar-refractivity contribution in [2.75, 3.05) is 31.7 Å². The van der Waals surface area contributed by atoms with Crippen molar-refractivity contribution in [2.24, 2.45) is 0 Å². The molecule has 0 radical (unpaired) electrons. The summed E-state index contributed by atoms with van der Waals surface area (Å²) in [7, 11) is -1.30. The molecular formula is C11H18N4O2S. The Bertz CT molecular complexity index is 544. The van der Waals surface area contributed by atoms with E-state index in [4.69, 9.17) is 0 Å². The first-order valence-corrected chi connectivity index (χ1v) is 7.73. The minimum Gasteiger partial charge on any atom is -0.373 e. The van der Waals surface area contributed by atoms with Crippen LogP contribution in [0.5, 0.6) is 0 Å². The molecule has 1 aromatic heterocycles. The summed E-state index contributed by atoms with van der Waals surface area (Å²) in [5.41, 5.74) is 0.891. The monoisotopic (exact) mass is 270 g/mol. The zero-order chi connectivity index (χ0) is 13.3. The predicted molar refractivity (Wildman–Crippen MR) is 70.1 cm³/mol. The second kappa shape index (κ2) is 4.81. The molecule has 18 heavy (non-hydrogen) atoms. The molecule has 0 bridgehead atoms. The van der Waals surface area contributed by atoms with E-state index in [0.717, 1.165) is 23.8 Å². The second-order valence-electron chi connectivity index (χ2n) is 4.61. The normalized spacial score (nSPS) is 21.2. The molecule has 0 spiro atoms. The van der Waals surface area contributed by atoms with Crippen LogP contribution in [0, 0.1) is 6.92 Å². The first-order valence-electron chi connectivity index (χ1n) is 5.88. The van der Waals surface area contributed by atoms with E-state index in [1.807, 2.05) is 20.0 Å². The molecule has 0 aromatic carbocycles. The summed E-state index contributed by atoms with van der Waals surface area (Å²) in [5.74, 6) is 1.59. The third kappa shape index (κ3) is 2.78. The number of aryl methyl sites for hydroxylation is 1. The summed E-state index contributed by atoms with van der Waals surface area (Å²) in [6, 6.07) is 1.87. The van der Waals surface area contributed by atoms with Crippen LogP contribution in [0.2, 0.25) is 0 Å². The third-order valence-electron chi connectivity index (χ3n) is 3.11. The van der Waals surface area contributed by atoms with Crippen molar-refractivity contribution in [2.45, 2.75) is 19.3 Å². The molecule has 1 unspecified atom stereocenters. The average molecular weight is 270 g/mol. The molecule has 0 saturated carbocycles. The van der Waals surface area contributed by atoms with E-state index in [1.54, 1.807) is 0 Å². The van der Waals surface area contributed by atoms with Crippen LogP contribution in [0.15, 0.2) is 6.07 Å². The summed E-state index contributed by atoms with van der Waals surface area (Å²) in [6.07, 6.45) is 2.02. The van der Waals surface area contributed by atoms with Crippen molar-refractivity contribution in [1.29, 1.82) is 0 Å². The average Bonchev–Trinajstić information content (AvgIpc) is 2.77. The van der Waals surface area contributed by atoms with Crippen molar-refractivity contribution in [1.82, 2.24) is 14.3 Å². The van der Waals surface area contributed by atoms with Crippen molar-refractivity contribution in [3.8, 4) is 0 Å². The highest BCUT2D eigenvalue weighted by molar-refractivity contribution is 7.88. The molecule has 1 fully saturated rings. The van der Waals surface area contributed by atoms with E-state index in [1.165, 1.54) is 10.6 Å². The molecule has 0 aliphatic carbocycles. The van der Waals surface area contributed by atoms with E-state index >= 15 is 0 Å². The lowest BCUT2D eigenvalue weighted by Crippen LogP contribution is -2.27. The first kappa shape index (κ1) is 13.2. The van der Waals surface area contributed by atoms with Gasteiger partial charge >= 0.3 is 0 Å². The predicted octanol–water partition coefficient (Wildman–Crippen LogP) is 0.576. The highest BCUT2D eigenvalue weighted by Gasteiger charge is 2.31. The molecule has 100 valence electrons. The Morgan fingerprint density at radius 3 is 2.72 bits per heavy atom. The zero-order valence-corrected chi connectivity index (χ0v) is 11.7. The van der Waals surface area contributed by atoms with Crippen molar-refractivity contribution in [3.63, 3.8) is 0 Å². The van der Waals surface area contributed by atoms with E-state index < -0.39 is 10.0 Å². The number of hydrogen-bond donors (Lipinski definition) is 1. The van der Waals surface area contributed by atoms with E-state index in [0.29, 0.717) is 13.1 Å². The first-order chi connectivity index (χ1) is 8.40. The Hall–Kier alpha value is -1.21. The van der Waals surface area contributed by atoms with Crippen LogP contribution in [0.25, 0.3) is 0 Å². The zero-order valence-electron chi connectivity index (χ0n) is 10.8. The summed E-state index contributed by atoms with van der Waals surface area (Å²) in [6.45, 7) is 2.94. The third-order valence-corrected chi connectivity index (χ3v) is 4.38. The Kier molecular flexibility index (Phi) is 3.54. The van der Waals surface area contributed by atoms with Crippen molar-refractivity contribution >= 4 is 15.8 Å². The van der Waals surface area contributed by atoms with Gasteiger partial charge in [0, 0.05) is 37.8 Å². The molecule has 1 saturated heterocycles. The van der Waals surface area contributed by atoms with Gasteiger partial charge in [0.15, 0.2) is 0 Å². The Morgan fingerprint density at radius 1 is 1.44 bits per heavy atom. The second-order valence-corrected chi connectivity index (χ2v) is 6.59. The fourth-order valence-electron chi connectivity index (χ4n) is 2.14. The quantitative estimate of drug-likeness (QED) is 0.869. The van der Waals surface area contributed by atoms with Crippen LogP contribution >= 0.6 is 0 Å². The highest BCUT2D eigenvalue weighted by Crippen LogP contribution is 2.27. The van der Waals surface area contributed by atoms with Gasteiger partial charge in [-0.1, -0.05) is 0 Å². The number of rotatable bonds is 3. The molecule has 0 amide bonds. The van der Waals surface area contributed by atoms with E-state index in [-0.39, 0.29) is 5.92 Å². The fourth-order valence-corrected chi connectivity index (χ4v) is 3.03. The van der Waals surface area contributed by atoms with Gasteiger partial charge in [0.2, 0.25) is 10.0 Å². The topological polar surface area (TPSA) is 75.2 Å². The van der Waals surface area contributed by atoms with Gasteiger partial charge in [-0.25, -0.2) is 22.7 Å². The number of nitrogens with zero attached hydrogens (tertiary/aromatic N) is 3. The van der Waals surface area contributed by atoms with Gasteiger partial charge in [0.05, 0.1) is 6.26 Å². The van der Waals surface area contributed by atoms with Gasteiger partial charge in [-0.2, -0.15) is 0 Å². The standard InChI is InChI=1S/C11H18N4O2S/c1-8-6-10(12-2)14-11(13-8)9-4-5-15(7-9)18(3,16)17/h6,9H,4-5,7H2,1-3H3,(H,12,13,14). The lowest BCUT2D eigenvalue weighted by atomic mass is 10.1.